The summed E-state index contributed by atoms with van der Waals surface area (Å²) in [5, 5.41) is 0. The summed E-state index contributed by atoms with van der Waals surface area (Å²) in [6, 6.07) is 0. The lowest BCUT2D eigenvalue weighted by Gasteiger charge is -2.18. The lowest BCUT2D eigenvalue weighted by Crippen LogP contribution is -2.30. The molecule has 0 spiro atoms. The third-order valence-electron chi connectivity index (χ3n) is 16.1. The van der Waals surface area contributed by atoms with Crippen LogP contribution in [0, 0.1) is 0 Å². The number of carbonyl (C=O) groups is 3. The van der Waals surface area contributed by atoms with Gasteiger partial charge in [0.1, 0.15) is 13.2 Å². The van der Waals surface area contributed by atoms with E-state index in [0.29, 0.717) is 19.3 Å². The minimum atomic E-state index is -0.773. The molecule has 0 radical (unpaired) electrons. The van der Waals surface area contributed by atoms with Gasteiger partial charge in [-0.1, -0.05) is 358 Å². The van der Waals surface area contributed by atoms with Crippen LogP contribution in [0.5, 0.6) is 0 Å². The van der Waals surface area contributed by atoms with Gasteiger partial charge in [-0.15, -0.1) is 0 Å². The molecule has 6 nitrogen and oxygen atoms in total. The molecule has 0 aliphatic rings. The highest BCUT2D eigenvalue weighted by molar-refractivity contribution is 5.71. The fourth-order valence-corrected chi connectivity index (χ4v) is 10.8. The van der Waals surface area contributed by atoms with E-state index >= 15 is 0 Å². The molecule has 0 aromatic heterocycles. The summed E-state index contributed by atoms with van der Waals surface area (Å²) in [7, 11) is 0. The van der Waals surface area contributed by atoms with Crippen molar-refractivity contribution in [2.24, 2.45) is 0 Å². The number of allylic oxidation sites excluding steroid dienone is 8. The summed E-state index contributed by atoms with van der Waals surface area (Å²) < 4.78 is 17.0. The molecule has 0 bridgehead atoms. The van der Waals surface area contributed by atoms with E-state index in [2.05, 4.69) is 69.4 Å². The van der Waals surface area contributed by atoms with Crippen molar-refractivity contribution in [3.05, 3.63) is 48.6 Å². The fourth-order valence-electron chi connectivity index (χ4n) is 10.8. The second kappa shape index (κ2) is 68.9. The van der Waals surface area contributed by atoms with Crippen LogP contribution in [0.25, 0.3) is 0 Å². The highest BCUT2D eigenvalue weighted by Gasteiger charge is 2.19. The number of carbonyl (C=O) groups excluding carboxylic acids is 3. The molecule has 0 amide bonds. The Morgan fingerprint density at radius 3 is 0.762 bits per heavy atom. The van der Waals surface area contributed by atoms with Crippen molar-refractivity contribution >= 4 is 17.9 Å². The molecule has 80 heavy (non-hydrogen) atoms. The molecule has 1 atom stereocenters. The average Bonchev–Trinajstić information content (AvgIpc) is 3.46. The molecule has 1 unspecified atom stereocenters. The second-order valence-corrected chi connectivity index (χ2v) is 24.1. The number of hydrogen-bond donors (Lipinski definition) is 0. The third kappa shape index (κ3) is 66.2. The molecule has 0 aliphatic heterocycles. The molecule has 0 fully saturated rings. The van der Waals surface area contributed by atoms with Gasteiger partial charge in [0, 0.05) is 19.3 Å². The maximum atomic E-state index is 13.0. The minimum absolute atomic E-state index is 0.0680. The highest BCUT2D eigenvalue weighted by atomic mass is 16.6. The van der Waals surface area contributed by atoms with E-state index in [9.17, 15) is 14.4 Å². The first kappa shape index (κ1) is 77.4. The number of unbranched alkanes of at least 4 members (excludes halogenated alkanes) is 47. The van der Waals surface area contributed by atoms with Crippen molar-refractivity contribution in [1.29, 1.82) is 0 Å². The predicted octanol–water partition coefficient (Wildman–Crippen LogP) is 24.5. The smallest absolute Gasteiger partial charge is 0.306 e. The molecule has 0 N–H and O–H groups in total. The van der Waals surface area contributed by atoms with Gasteiger partial charge < -0.3 is 14.2 Å². The van der Waals surface area contributed by atoms with Gasteiger partial charge >= 0.3 is 17.9 Å². The zero-order valence-electron chi connectivity index (χ0n) is 53.9. The van der Waals surface area contributed by atoms with Crippen LogP contribution in [0.2, 0.25) is 0 Å². The summed E-state index contributed by atoms with van der Waals surface area (Å²) in [5.41, 5.74) is 0. The molecular formula is C74H136O6. The van der Waals surface area contributed by atoms with Gasteiger partial charge in [0.15, 0.2) is 6.10 Å². The Bertz CT molecular complexity index is 1380. The topological polar surface area (TPSA) is 78.9 Å². The van der Waals surface area contributed by atoms with Crippen molar-refractivity contribution in [3.8, 4) is 0 Å². The summed E-state index contributed by atoms with van der Waals surface area (Å²) in [4.78, 5) is 38.5. The van der Waals surface area contributed by atoms with Crippen molar-refractivity contribution in [2.75, 3.05) is 13.2 Å². The van der Waals surface area contributed by atoms with Gasteiger partial charge in [0.25, 0.3) is 0 Å². The molecule has 0 aromatic carbocycles. The van der Waals surface area contributed by atoms with Gasteiger partial charge in [-0.25, -0.2) is 0 Å². The van der Waals surface area contributed by atoms with Crippen LogP contribution in [0.1, 0.15) is 387 Å². The summed E-state index contributed by atoms with van der Waals surface area (Å²) in [6.07, 6.45) is 87.0. The third-order valence-corrected chi connectivity index (χ3v) is 16.1. The summed E-state index contributed by atoms with van der Waals surface area (Å²) in [6.45, 7) is 6.61. The Kier molecular flexibility index (Phi) is 66.6. The molecule has 0 aromatic rings. The van der Waals surface area contributed by atoms with E-state index in [1.165, 1.54) is 263 Å². The zero-order valence-corrected chi connectivity index (χ0v) is 53.9. The minimum Gasteiger partial charge on any atom is -0.462 e. The van der Waals surface area contributed by atoms with Crippen LogP contribution < -0.4 is 0 Å². The van der Waals surface area contributed by atoms with E-state index < -0.39 is 6.10 Å². The van der Waals surface area contributed by atoms with Crippen molar-refractivity contribution in [3.63, 3.8) is 0 Å². The molecule has 6 heteroatoms. The van der Waals surface area contributed by atoms with Crippen LogP contribution in [-0.4, -0.2) is 37.2 Å². The maximum absolute atomic E-state index is 13.0. The highest BCUT2D eigenvalue weighted by Crippen LogP contribution is 2.19. The Hall–Kier alpha value is -2.63. The summed E-state index contributed by atoms with van der Waals surface area (Å²) in [5.74, 6) is -0.841. The van der Waals surface area contributed by atoms with Gasteiger partial charge in [0.05, 0.1) is 0 Å². The van der Waals surface area contributed by atoms with E-state index in [1.807, 2.05) is 0 Å². The van der Waals surface area contributed by atoms with Crippen molar-refractivity contribution in [1.82, 2.24) is 0 Å². The van der Waals surface area contributed by atoms with E-state index in [-0.39, 0.29) is 31.1 Å². The van der Waals surface area contributed by atoms with Gasteiger partial charge in [-0.3, -0.25) is 14.4 Å². The fraction of sp³-hybridized carbons (Fsp3) is 0.851. The molecular weight excluding hydrogens is 985 g/mol. The Labute approximate surface area is 498 Å². The van der Waals surface area contributed by atoms with Crippen LogP contribution in [0.3, 0.4) is 0 Å². The van der Waals surface area contributed by atoms with E-state index in [4.69, 9.17) is 14.2 Å². The van der Waals surface area contributed by atoms with Crippen molar-refractivity contribution in [2.45, 2.75) is 393 Å². The average molecular weight is 1120 g/mol. The second-order valence-electron chi connectivity index (χ2n) is 24.1. The lowest BCUT2D eigenvalue weighted by molar-refractivity contribution is -0.167. The normalized spacial score (nSPS) is 12.3. The van der Waals surface area contributed by atoms with E-state index in [0.717, 1.165) is 83.5 Å². The van der Waals surface area contributed by atoms with Crippen LogP contribution in [0.4, 0.5) is 0 Å². The maximum Gasteiger partial charge on any atom is 0.306 e. The van der Waals surface area contributed by atoms with E-state index in [1.54, 1.807) is 0 Å². The first-order valence-electron chi connectivity index (χ1n) is 35.6. The van der Waals surface area contributed by atoms with Crippen LogP contribution >= 0.6 is 0 Å². The zero-order chi connectivity index (χ0) is 57.8. The van der Waals surface area contributed by atoms with Gasteiger partial charge in [-0.2, -0.15) is 0 Å². The number of ether oxygens (including phenoxy) is 3. The number of esters is 3. The molecule has 0 heterocycles. The lowest BCUT2D eigenvalue weighted by atomic mass is 10.0. The van der Waals surface area contributed by atoms with Crippen LogP contribution in [-0.2, 0) is 28.6 Å². The van der Waals surface area contributed by atoms with Gasteiger partial charge in [0.2, 0.25) is 0 Å². The van der Waals surface area contributed by atoms with Crippen LogP contribution in [0.15, 0.2) is 48.6 Å². The van der Waals surface area contributed by atoms with Gasteiger partial charge in [-0.05, 0) is 57.8 Å². The molecule has 468 valence electrons. The Morgan fingerprint density at radius 1 is 0.263 bits per heavy atom. The Balaban J connectivity index is 4.31. The number of hydrogen-bond acceptors (Lipinski definition) is 6. The summed E-state index contributed by atoms with van der Waals surface area (Å²) >= 11 is 0. The standard InChI is InChI=1S/C74H136O6/c1-4-7-10-13-16-19-22-25-28-31-33-35-37-39-40-43-46-49-52-55-58-61-64-67-73(76)79-70-71(69-78-72(75)66-63-60-57-54-51-48-45-42-30-27-24-21-18-15-12-9-6-3)80-74(77)68-65-62-59-56-53-50-47-44-41-38-36-34-32-29-26-23-20-17-14-11-8-5-2/h7,10,16,19,25,28,33,35,71H,4-6,8-9,11-15,17-18,20-24,26-27,29-32,34,36-70H2,1-3H3/b10-7-,19-16-,28-25-,35-33-. The predicted molar refractivity (Wildman–Crippen MR) is 349 cm³/mol. The molecule has 0 saturated heterocycles. The molecule has 0 aliphatic carbocycles. The monoisotopic (exact) mass is 1120 g/mol. The quantitative estimate of drug-likeness (QED) is 0.0261. The first-order valence-corrected chi connectivity index (χ1v) is 35.6. The largest absolute Gasteiger partial charge is 0.462 e. The van der Waals surface area contributed by atoms with Crippen molar-refractivity contribution < 1.29 is 28.6 Å². The first-order chi connectivity index (χ1) is 39.5. The Morgan fingerprint density at radius 2 is 0.487 bits per heavy atom. The molecule has 0 saturated carbocycles. The SMILES string of the molecule is CC/C=C\C/C=C\C/C=C\C/C=C\CCCCCCCCCCCCC(=O)OCC(COC(=O)CCCCCCCCCCCCCCCCCCC)OC(=O)CCCCCCCCCCCCCCCCCCCCCCCC. The number of rotatable bonds is 66. The molecule has 0 rings (SSSR count).